The normalized spacial score (nSPS) is 10.6. The summed E-state index contributed by atoms with van der Waals surface area (Å²) < 4.78 is 28.2. The Morgan fingerprint density at radius 2 is 1.75 bits per heavy atom. The maximum Gasteiger partial charge on any atom is 0.275 e. The number of aromatic nitrogens is 3. The summed E-state index contributed by atoms with van der Waals surface area (Å²) in [5.74, 6) is -1.81. The number of amides is 1. The zero-order valence-electron chi connectivity index (χ0n) is 14.3. The molecule has 1 amide bonds. The topological polar surface area (TPSA) is 67.8 Å². The van der Waals surface area contributed by atoms with E-state index in [9.17, 15) is 13.6 Å². The van der Waals surface area contributed by atoms with Gasteiger partial charge in [0.2, 0.25) is 0 Å². The molecule has 0 aliphatic heterocycles. The molecule has 138 valence electrons. The van der Waals surface area contributed by atoms with E-state index in [1.54, 1.807) is 48.8 Å². The fourth-order valence-electron chi connectivity index (χ4n) is 2.61. The molecular weight excluding hydrogens is 382 g/mol. The Labute approximate surface area is 162 Å². The van der Waals surface area contributed by atoms with Crippen LogP contribution in [0.15, 0.2) is 66.3 Å². The van der Waals surface area contributed by atoms with Gasteiger partial charge in [0.1, 0.15) is 17.3 Å². The summed E-state index contributed by atoms with van der Waals surface area (Å²) in [7, 11) is 0. The molecule has 0 saturated carbocycles. The van der Waals surface area contributed by atoms with Crippen molar-refractivity contribution in [3.8, 4) is 22.0 Å². The lowest BCUT2D eigenvalue weighted by Crippen LogP contribution is -2.14. The summed E-state index contributed by atoms with van der Waals surface area (Å²) in [5, 5.41) is 4.51. The Hall–Kier alpha value is -3.52. The van der Waals surface area contributed by atoms with E-state index in [0.29, 0.717) is 16.4 Å². The second-order valence-electron chi connectivity index (χ2n) is 5.74. The maximum absolute atomic E-state index is 14.5. The Morgan fingerprint density at radius 3 is 2.50 bits per heavy atom. The molecule has 5 nitrogen and oxygen atoms in total. The minimum Gasteiger partial charge on any atom is -0.318 e. The third kappa shape index (κ3) is 3.63. The molecule has 0 aliphatic rings. The lowest BCUT2D eigenvalue weighted by Gasteiger charge is -2.12. The highest BCUT2D eigenvalue weighted by Crippen LogP contribution is 2.32. The summed E-state index contributed by atoms with van der Waals surface area (Å²) in [6.07, 6.45) is 3.15. The largest absolute Gasteiger partial charge is 0.318 e. The van der Waals surface area contributed by atoms with Gasteiger partial charge in [-0.15, -0.1) is 11.3 Å². The Kier molecular flexibility index (Phi) is 4.86. The van der Waals surface area contributed by atoms with Crippen LogP contribution in [0.5, 0.6) is 0 Å². The van der Waals surface area contributed by atoms with Gasteiger partial charge in [0.15, 0.2) is 10.8 Å². The van der Waals surface area contributed by atoms with E-state index in [2.05, 4.69) is 20.3 Å². The highest BCUT2D eigenvalue weighted by Gasteiger charge is 2.19. The molecule has 2 heterocycles. The maximum atomic E-state index is 14.5. The molecule has 0 bridgehead atoms. The zero-order chi connectivity index (χ0) is 19.5. The van der Waals surface area contributed by atoms with E-state index in [1.165, 1.54) is 22.8 Å². The third-order valence-corrected chi connectivity index (χ3v) is 4.71. The minimum atomic E-state index is -0.867. The van der Waals surface area contributed by atoms with Crippen molar-refractivity contribution >= 4 is 22.9 Å². The van der Waals surface area contributed by atoms with Crippen LogP contribution in [0.1, 0.15) is 10.5 Å². The van der Waals surface area contributed by atoms with Crippen molar-refractivity contribution in [3.63, 3.8) is 0 Å². The van der Waals surface area contributed by atoms with Gasteiger partial charge in [-0.05, 0) is 17.7 Å². The summed E-state index contributed by atoms with van der Waals surface area (Å²) in [6.45, 7) is 0. The Balaban J connectivity index is 1.66. The molecule has 0 radical (unpaired) electrons. The number of nitrogens with zero attached hydrogens (tertiary/aromatic N) is 3. The van der Waals surface area contributed by atoms with E-state index >= 15 is 0 Å². The molecule has 2 aromatic heterocycles. The number of carbonyl (C=O) groups excluding carboxylic acids is 1. The fourth-order valence-corrected chi connectivity index (χ4v) is 3.36. The van der Waals surface area contributed by atoms with E-state index in [4.69, 9.17) is 0 Å². The first-order chi connectivity index (χ1) is 13.6. The standard InChI is InChI=1S/C20H12F2N4OS/c21-13-9-14(12-5-2-1-3-6-12)17(15(22)10-13)26-19(27)16-11-28-20(25-16)18-23-7-4-8-24-18/h1-11H,(H,26,27). The van der Waals surface area contributed by atoms with Crippen molar-refractivity contribution < 1.29 is 13.6 Å². The van der Waals surface area contributed by atoms with Crippen molar-refractivity contribution in [1.29, 1.82) is 0 Å². The summed E-state index contributed by atoms with van der Waals surface area (Å²) in [6, 6.07) is 12.3. The molecule has 4 aromatic rings. The van der Waals surface area contributed by atoms with Crippen LogP contribution < -0.4 is 5.32 Å². The van der Waals surface area contributed by atoms with Gasteiger partial charge in [-0.1, -0.05) is 30.3 Å². The summed E-state index contributed by atoms with van der Waals surface area (Å²) in [4.78, 5) is 25.0. The van der Waals surface area contributed by atoms with Gasteiger partial charge >= 0.3 is 0 Å². The van der Waals surface area contributed by atoms with E-state index in [0.717, 1.165) is 6.07 Å². The molecule has 2 aromatic carbocycles. The average molecular weight is 394 g/mol. The number of hydrogen-bond acceptors (Lipinski definition) is 5. The van der Waals surface area contributed by atoms with Crippen LogP contribution >= 0.6 is 11.3 Å². The number of anilines is 1. The van der Waals surface area contributed by atoms with Gasteiger partial charge < -0.3 is 5.32 Å². The van der Waals surface area contributed by atoms with Crippen LogP contribution in [0.2, 0.25) is 0 Å². The Morgan fingerprint density at radius 1 is 1.00 bits per heavy atom. The molecule has 4 rings (SSSR count). The number of rotatable bonds is 4. The number of benzene rings is 2. The van der Waals surface area contributed by atoms with Gasteiger partial charge in [0.05, 0.1) is 5.69 Å². The molecule has 28 heavy (non-hydrogen) atoms. The van der Waals surface area contributed by atoms with Crippen LogP contribution in [0.3, 0.4) is 0 Å². The third-order valence-electron chi connectivity index (χ3n) is 3.87. The van der Waals surface area contributed by atoms with Gasteiger partial charge in [0.25, 0.3) is 5.91 Å². The summed E-state index contributed by atoms with van der Waals surface area (Å²) >= 11 is 1.20. The molecule has 8 heteroatoms. The van der Waals surface area contributed by atoms with Crippen molar-refractivity contribution in [1.82, 2.24) is 15.0 Å². The first-order valence-corrected chi connectivity index (χ1v) is 9.08. The molecular formula is C20H12F2N4OS. The molecule has 0 unspecified atom stereocenters. The smallest absolute Gasteiger partial charge is 0.275 e. The van der Waals surface area contributed by atoms with Crippen LogP contribution in [-0.2, 0) is 0 Å². The number of thiazole rings is 1. The fraction of sp³-hybridized carbons (Fsp3) is 0. The predicted molar refractivity (Wildman–Crippen MR) is 103 cm³/mol. The van der Waals surface area contributed by atoms with Crippen LogP contribution in [0.25, 0.3) is 22.0 Å². The molecule has 1 N–H and O–H groups in total. The van der Waals surface area contributed by atoms with Crippen LogP contribution in [0, 0.1) is 11.6 Å². The van der Waals surface area contributed by atoms with E-state index < -0.39 is 17.5 Å². The highest BCUT2D eigenvalue weighted by molar-refractivity contribution is 7.13. The number of carbonyl (C=O) groups is 1. The van der Waals surface area contributed by atoms with Crippen LogP contribution in [-0.4, -0.2) is 20.9 Å². The van der Waals surface area contributed by atoms with Crippen molar-refractivity contribution in [2.24, 2.45) is 0 Å². The van der Waals surface area contributed by atoms with Gasteiger partial charge in [-0.2, -0.15) is 0 Å². The van der Waals surface area contributed by atoms with Crippen molar-refractivity contribution in [2.45, 2.75) is 0 Å². The number of nitrogens with one attached hydrogen (secondary N) is 1. The van der Waals surface area contributed by atoms with E-state index in [-0.39, 0.29) is 16.9 Å². The average Bonchev–Trinajstić information content (AvgIpc) is 3.21. The quantitative estimate of drug-likeness (QED) is 0.540. The first-order valence-electron chi connectivity index (χ1n) is 8.20. The lowest BCUT2D eigenvalue weighted by atomic mass is 10.0. The highest BCUT2D eigenvalue weighted by atomic mass is 32.1. The number of hydrogen-bond donors (Lipinski definition) is 1. The first kappa shape index (κ1) is 17.9. The van der Waals surface area contributed by atoms with Gasteiger partial charge in [-0.3, -0.25) is 4.79 Å². The van der Waals surface area contributed by atoms with Crippen molar-refractivity contribution in [2.75, 3.05) is 5.32 Å². The Bertz CT molecular complexity index is 1130. The zero-order valence-corrected chi connectivity index (χ0v) is 15.1. The minimum absolute atomic E-state index is 0.0928. The SMILES string of the molecule is O=C(Nc1c(F)cc(F)cc1-c1ccccc1)c1csc(-c2ncccn2)n1. The van der Waals surface area contributed by atoms with Gasteiger partial charge in [-0.25, -0.2) is 23.7 Å². The molecule has 0 aliphatic carbocycles. The predicted octanol–water partition coefficient (Wildman–Crippen LogP) is 4.80. The lowest BCUT2D eigenvalue weighted by molar-refractivity contribution is 0.102. The van der Waals surface area contributed by atoms with Crippen molar-refractivity contribution in [3.05, 3.63) is 83.6 Å². The molecule has 0 fully saturated rings. The number of halogens is 2. The molecule has 0 saturated heterocycles. The second kappa shape index (κ2) is 7.61. The van der Waals surface area contributed by atoms with E-state index in [1.807, 2.05) is 0 Å². The van der Waals surface area contributed by atoms with Gasteiger partial charge in [0, 0.05) is 29.4 Å². The molecule has 0 atom stereocenters. The molecule has 0 spiro atoms. The summed E-state index contributed by atoms with van der Waals surface area (Å²) in [5.41, 5.74) is 0.805. The second-order valence-corrected chi connectivity index (χ2v) is 6.60. The monoisotopic (exact) mass is 394 g/mol. The van der Waals surface area contributed by atoms with Crippen LogP contribution in [0.4, 0.5) is 14.5 Å².